The molecule has 1 rings (SSSR count). The number of rotatable bonds is 5. The monoisotopic (exact) mass is 245 g/mol. The third kappa shape index (κ3) is 3.47. The highest BCUT2D eigenvalue weighted by atomic mass is 16.5. The molecule has 0 bridgehead atoms. The number of hydrogen-bond donors (Lipinski definition) is 0. The summed E-state index contributed by atoms with van der Waals surface area (Å²) in [5.74, 6) is -0.726. The first kappa shape index (κ1) is 13.5. The molecule has 0 aliphatic heterocycles. The smallest absolute Gasteiger partial charge is 0.340 e. The van der Waals surface area contributed by atoms with E-state index >= 15 is 0 Å². The molecule has 0 spiro atoms. The molecule has 0 unspecified atom stereocenters. The topological polar surface area (TPSA) is 92.1 Å². The van der Waals surface area contributed by atoms with Crippen molar-refractivity contribution in [2.24, 2.45) is 5.11 Å². The van der Waals surface area contributed by atoms with E-state index in [9.17, 15) is 9.59 Å². The first-order valence-corrected chi connectivity index (χ1v) is 5.21. The van der Waals surface area contributed by atoms with Gasteiger partial charge in [0, 0.05) is 10.5 Å². The van der Waals surface area contributed by atoms with E-state index in [1.54, 1.807) is 31.2 Å². The van der Waals surface area contributed by atoms with Gasteiger partial charge in [-0.2, -0.15) is 0 Å². The Morgan fingerprint density at radius 3 is 2.67 bits per heavy atom. The summed E-state index contributed by atoms with van der Waals surface area (Å²) in [4.78, 5) is 24.9. The van der Waals surface area contributed by atoms with Crippen LogP contribution in [0.4, 0.5) is 0 Å². The van der Waals surface area contributed by atoms with Crippen LogP contribution in [0, 0.1) is 0 Å². The second kappa shape index (κ2) is 6.88. The number of benzene rings is 1. The van der Waals surface area contributed by atoms with Crippen LogP contribution >= 0.6 is 0 Å². The van der Waals surface area contributed by atoms with Gasteiger partial charge < -0.3 is 4.74 Å². The van der Waals surface area contributed by atoms with Crippen molar-refractivity contribution in [1.82, 2.24) is 0 Å². The summed E-state index contributed by atoms with van der Waals surface area (Å²) in [5.41, 5.74) is 9.10. The van der Waals surface area contributed by atoms with Gasteiger partial charge in [0.2, 0.25) is 0 Å². The van der Waals surface area contributed by atoms with E-state index in [0.29, 0.717) is 17.4 Å². The SMILES string of the molecule is CCOC(=O)/C(=C/c1ccccc1C=O)N=[N+]=[N-]. The molecule has 0 N–H and O–H groups in total. The molecule has 0 fully saturated rings. The Bertz CT molecular complexity index is 531. The van der Waals surface area contributed by atoms with Crippen LogP contribution in [0.2, 0.25) is 0 Å². The van der Waals surface area contributed by atoms with Crippen LogP contribution in [-0.2, 0) is 9.53 Å². The van der Waals surface area contributed by atoms with Crippen molar-refractivity contribution in [1.29, 1.82) is 0 Å². The third-order valence-corrected chi connectivity index (χ3v) is 2.05. The summed E-state index contributed by atoms with van der Waals surface area (Å²) in [6.45, 7) is 1.82. The molecule has 92 valence electrons. The Labute approximate surface area is 104 Å². The Hall–Kier alpha value is -2.59. The molecule has 0 aromatic heterocycles. The molecule has 6 heteroatoms. The fraction of sp³-hybridized carbons (Fsp3) is 0.167. The molecular weight excluding hydrogens is 234 g/mol. The largest absolute Gasteiger partial charge is 0.462 e. The molecule has 18 heavy (non-hydrogen) atoms. The third-order valence-electron chi connectivity index (χ3n) is 2.05. The second-order valence-corrected chi connectivity index (χ2v) is 3.19. The van der Waals surface area contributed by atoms with Crippen molar-refractivity contribution >= 4 is 18.3 Å². The lowest BCUT2D eigenvalue weighted by molar-refractivity contribution is -0.138. The molecule has 0 saturated carbocycles. The molecule has 0 radical (unpaired) electrons. The molecule has 6 nitrogen and oxygen atoms in total. The van der Waals surface area contributed by atoms with Crippen LogP contribution < -0.4 is 0 Å². The van der Waals surface area contributed by atoms with Gasteiger partial charge in [0.25, 0.3) is 0 Å². The molecule has 0 aliphatic carbocycles. The Morgan fingerprint density at radius 2 is 2.11 bits per heavy atom. The van der Waals surface area contributed by atoms with Gasteiger partial charge in [-0.1, -0.05) is 29.4 Å². The van der Waals surface area contributed by atoms with Gasteiger partial charge >= 0.3 is 5.97 Å². The van der Waals surface area contributed by atoms with Crippen LogP contribution in [-0.4, -0.2) is 18.9 Å². The summed E-state index contributed by atoms with van der Waals surface area (Å²) in [5, 5.41) is 3.26. The highest BCUT2D eigenvalue weighted by molar-refractivity contribution is 5.95. The van der Waals surface area contributed by atoms with Crippen molar-refractivity contribution < 1.29 is 14.3 Å². The van der Waals surface area contributed by atoms with E-state index in [2.05, 4.69) is 10.0 Å². The molecule has 0 atom stereocenters. The Morgan fingerprint density at radius 1 is 1.44 bits per heavy atom. The number of carbonyl (C=O) groups excluding carboxylic acids is 2. The predicted octanol–water partition coefficient (Wildman–Crippen LogP) is 2.71. The van der Waals surface area contributed by atoms with E-state index in [0.717, 1.165) is 0 Å². The maximum Gasteiger partial charge on any atom is 0.340 e. The van der Waals surface area contributed by atoms with E-state index < -0.39 is 5.97 Å². The minimum absolute atomic E-state index is 0.173. The number of aldehydes is 1. The van der Waals surface area contributed by atoms with Crippen LogP contribution in [0.1, 0.15) is 22.8 Å². The quantitative estimate of drug-likeness (QED) is 0.199. The highest BCUT2D eigenvalue weighted by Crippen LogP contribution is 2.13. The number of ether oxygens (including phenoxy) is 1. The molecule has 1 aromatic rings. The number of esters is 1. The zero-order chi connectivity index (χ0) is 13.4. The van der Waals surface area contributed by atoms with Crippen LogP contribution in [0.3, 0.4) is 0 Å². The minimum Gasteiger partial charge on any atom is -0.462 e. The lowest BCUT2D eigenvalue weighted by Gasteiger charge is -2.02. The van der Waals surface area contributed by atoms with E-state index in [1.807, 2.05) is 0 Å². The molecule has 0 aliphatic rings. The van der Waals surface area contributed by atoms with Crippen LogP contribution in [0.25, 0.3) is 16.5 Å². The Kier molecular flexibility index (Phi) is 5.15. The standard InChI is InChI=1S/C12H11N3O3/c1-2-18-12(17)11(14-15-13)7-9-5-3-4-6-10(9)8-16/h3-8H,2H2,1H3/b11-7-. The summed E-state index contributed by atoms with van der Waals surface area (Å²) in [6.07, 6.45) is 1.98. The van der Waals surface area contributed by atoms with Crippen molar-refractivity contribution in [3.05, 3.63) is 51.5 Å². The van der Waals surface area contributed by atoms with Gasteiger partial charge in [-0.3, -0.25) is 4.79 Å². The van der Waals surface area contributed by atoms with Gasteiger partial charge in [-0.25, -0.2) is 4.79 Å². The second-order valence-electron chi connectivity index (χ2n) is 3.19. The predicted molar refractivity (Wildman–Crippen MR) is 65.6 cm³/mol. The molecule has 0 heterocycles. The zero-order valence-corrected chi connectivity index (χ0v) is 9.74. The maximum atomic E-state index is 11.5. The van der Waals surface area contributed by atoms with Crippen molar-refractivity contribution in [3.63, 3.8) is 0 Å². The minimum atomic E-state index is -0.726. The number of hydrogen-bond acceptors (Lipinski definition) is 4. The lowest BCUT2D eigenvalue weighted by atomic mass is 10.1. The normalized spacial score (nSPS) is 10.4. The fourth-order valence-electron chi connectivity index (χ4n) is 1.28. The highest BCUT2D eigenvalue weighted by Gasteiger charge is 2.09. The molecule has 1 aromatic carbocycles. The van der Waals surface area contributed by atoms with Gasteiger partial charge in [-0.15, -0.1) is 0 Å². The molecular formula is C12H11N3O3. The van der Waals surface area contributed by atoms with Crippen LogP contribution in [0.15, 0.2) is 35.1 Å². The maximum absolute atomic E-state index is 11.5. The first-order valence-electron chi connectivity index (χ1n) is 5.21. The van der Waals surface area contributed by atoms with Gasteiger partial charge in [0.15, 0.2) is 6.29 Å². The number of nitrogens with zero attached hydrogens (tertiary/aromatic N) is 3. The van der Waals surface area contributed by atoms with Crippen molar-refractivity contribution in [2.45, 2.75) is 6.92 Å². The number of azide groups is 1. The van der Waals surface area contributed by atoms with E-state index in [-0.39, 0.29) is 12.3 Å². The summed E-state index contributed by atoms with van der Waals surface area (Å²) in [6, 6.07) is 6.63. The van der Waals surface area contributed by atoms with Crippen molar-refractivity contribution in [3.8, 4) is 0 Å². The van der Waals surface area contributed by atoms with Crippen molar-refractivity contribution in [2.75, 3.05) is 6.61 Å². The average molecular weight is 245 g/mol. The van der Waals surface area contributed by atoms with Gasteiger partial charge in [0.05, 0.1) is 6.61 Å². The molecule has 0 saturated heterocycles. The van der Waals surface area contributed by atoms with Gasteiger partial charge in [-0.05, 0) is 24.1 Å². The fourth-order valence-corrected chi connectivity index (χ4v) is 1.28. The summed E-state index contributed by atoms with van der Waals surface area (Å²) < 4.78 is 4.74. The summed E-state index contributed by atoms with van der Waals surface area (Å²) >= 11 is 0. The zero-order valence-electron chi connectivity index (χ0n) is 9.74. The first-order chi connectivity index (χ1) is 8.72. The number of carbonyl (C=O) groups is 2. The average Bonchev–Trinajstić information content (AvgIpc) is 2.39. The summed E-state index contributed by atoms with van der Waals surface area (Å²) in [7, 11) is 0. The van der Waals surface area contributed by atoms with E-state index in [4.69, 9.17) is 10.3 Å². The molecule has 0 amide bonds. The lowest BCUT2D eigenvalue weighted by Crippen LogP contribution is -2.05. The Balaban J connectivity index is 3.19. The van der Waals surface area contributed by atoms with E-state index in [1.165, 1.54) is 6.08 Å². The van der Waals surface area contributed by atoms with Crippen LogP contribution in [0.5, 0.6) is 0 Å². The van der Waals surface area contributed by atoms with Gasteiger partial charge in [0.1, 0.15) is 5.70 Å².